The number of nitrogens with one attached hydrogen (secondary N) is 2. The fraction of sp³-hybridized carbons (Fsp3) is 0.286. The van der Waals surface area contributed by atoms with Crippen molar-refractivity contribution in [2.24, 2.45) is 0 Å². The number of pyridine rings is 1. The Morgan fingerprint density at radius 2 is 1.97 bits per heavy atom. The standard InChI is InChI=1S/C19H22N4O2.C2H4O2/c24-19(22-25)9-7-15-6-8-18(20-12-15)21-17-10-11-23(14-17)13-16-4-2-1-3-5-16;1-2(3)4/h1-9,12,17,25H,10-11,13-14H2,(H,20,21)(H,22,24);1H3,(H,3,4)/b9-7+;/t17-;/m1./s1. The average Bonchev–Trinajstić information content (AvgIpc) is 3.14. The third kappa shape index (κ3) is 8.54. The summed E-state index contributed by atoms with van der Waals surface area (Å²) < 4.78 is 0. The lowest BCUT2D eigenvalue weighted by atomic mass is 10.2. The molecule has 1 aliphatic rings. The Hall–Kier alpha value is -3.23. The van der Waals surface area contributed by atoms with Gasteiger partial charge < -0.3 is 10.4 Å². The topological polar surface area (TPSA) is 115 Å². The molecule has 2 aromatic rings. The van der Waals surface area contributed by atoms with Gasteiger partial charge in [-0.3, -0.25) is 19.7 Å². The van der Waals surface area contributed by atoms with Crippen molar-refractivity contribution in [3.05, 3.63) is 65.9 Å². The van der Waals surface area contributed by atoms with Crippen LogP contribution in [-0.4, -0.2) is 51.2 Å². The normalized spacial score (nSPS) is 16.1. The van der Waals surface area contributed by atoms with Crippen LogP contribution in [0, 0.1) is 0 Å². The Bertz CT molecular complexity index is 805. The predicted octanol–water partition coefficient (Wildman–Crippen LogP) is 2.38. The first kappa shape index (κ1) is 22.1. The summed E-state index contributed by atoms with van der Waals surface area (Å²) in [7, 11) is 0. The van der Waals surface area contributed by atoms with Crippen LogP contribution in [0.4, 0.5) is 5.82 Å². The van der Waals surface area contributed by atoms with Gasteiger partial charge in [-0.15, -0.1) is 0 Å². The number of nitrogens with zero attached hydrogens (tertiary/aromatic N) is 2. The van der Waals surface area contributed by atoms with Gasteiger partial charge in [0.15, 0.2) is 0 Å². The van der Waals surface area contributed by atoms with Crippen LogP contribution >= 0.6 is 0 Å². The van der Waals surface area contributed by atoms with Crippen molar-refractivity contribution in [2.45, 2.75) is 25.9 Å². The number of aliphatic carboxylic acids is 1. The molecule has 1 atom stereocenters. The number of anilines is 1. The molecule has 0 spiro atoms. The van der Waals surface area contributed by atoms with E-state index in [-0.39, 0.29) is 0 Å². The quantitative estimate of drug-likeness (QED) is 0.335. The number of hydroxylamine groups is 1. The largest absolute Gasteiger partial charge is 0.481 e. The second kappa shape index (κ2) is 11.6. The van der Waals surface area contributed by atoms with Gasteiger partial charge in [0.25, 0.3) is 11.9 Å². The van der Waals surface area contributed by atoms with Crippen LogP contribution in [0.25, 0.3) is 6.08 Å². The maximum absolute atomic E-state index is 11.0. The zero-order valence-corrected chi connectivity index (χ0v) is 16.3. The van der Waals surface area contributed by atoms with E-state index in [1.807, 2.05) is 18.2 Å². The molecule has 1 aromatic carbocycles. The van der Waals surface area contributed by atoms with Gasteiger partial charge in [0, 0.05) is 44.9 Å². The summed E-state index contributed by atoms with van der Waals surface area (Å²) >= 11 is 0. The molecule has 1 saturated heterocycles. The number of carbonyl (C=O) groups excluding carboxylic acids is 1. The number of hydrogen-bond donors (Lipinski definition) is 4. The van der Waals surface area contributed by atoms with Crippen molar-refractivity contribution in [3.8, 4) is 0 Å². The Morgan fingerprint density at radius 1 is 1.24 bits per heavy atom. The molecule has 8 heteroatoms. The summed E-state index contributed by atoms with van der Waals surface area (Å²) in [6.45, 7) is 4.13. The van der Waals surface area contributed by atoms with Gasteiger partial charge in [0.05, 0.1) is 0 Å². The number of aromatic nitrogens is 1. The van der Waals surface area contributed by atoms with E-state index in [1.54, 1.807) is 17.8 Å². The highest BCUT2D eigenvalue weighted by Gasteiger charge is 2.22. The molecule has 0 bridgehead atoms. The molecule has 3 rings (SSSR count). The number of rotatable bonds is 6. The van der Waals surface area contributed by atoms with Crippen molar-refractivity contribution in [1.29, 1.82) is 0 Å². The molecule has 1 aromatic heterocycles. The fourth-order valence-electron chi connectivity index (χ4n) is 2.94. The van der Waals surface area contributed by atoms with E-state index in [4.69, 9.17) is 15.1 Å². The molecule has 0 aliphatic carbocycles. The molecule has 0 unspecified atom stereocenters. The predicted molar refractivity (Wildman–Crippen MR) is 110 cm³/mol. The number of hydrogen-bond acceptors (Lipinski definition) is 6. The highest BCUT2D eigenvalue weighted by molar-refractivity contribution is 5.90. The Labute approximate surface area is 169 Å². The summed E-state index contributed by atoms with van der Waals surface area (Å²) in [5.41, 5.74) is 3.69. The van der Waals surface area contributed by atoms with Gasteiger partial charge in [-0.05, 0) is 35.8 Å². The summed E-state index contributed by atoms with van der Waals surface area (Å²) in [6, 6.07) is 14.7. The highest BCUT2D eigenvalue weighted by atomic mass is 16.5. The van der Waals surface area contributed by atoms with Gasteiger partial charge >= 0.3 is 0 Å². The van der Waals surface area contributed by atoms with Crippen LogP contribution in [0.5, 0.6) is 0 Å². The van der Waals surface area contributed by atoms with Crippen LogP contribution in [0.15, 0.2) is 54.7 Å². The van der Waals surface area contributed by atoms with Crippen LogP contribution < -0.4 is 10.8 Å². The maximum Gasteiger partial charge on any atom is 0.300 e. The smallest absolute Gasteiger partial charge is 0.300 e. The molecule has 4 N–H and O–H groups in total. The number of carboxylic acids is 1. The lowest BCUT2D eigenvalue weighted by Gasteiger charge is -2.17. The van der Waals surface area contributed by atoms with Crippen LogP contribution in [0.3, 0.4) is 0 Å². The molecular weight excluding hydrogens is 372 g/mol. The minimum absolute atomic E-state index is 0.387. The van der Waals surface area contributed by atoms with E-state index < -0.39 is 11.9 Å². The van der Waals surface area contributed by atoms with Crippen molar-refractivity contribution in [3.63, 3.8) is 0 Å². The summed E-state index contributed by atoms with van der Waals surface area (Å²) in [4.78, 5) is 26.8. The van der Waals surface area contributed by atoms with E-state index in [1.165, 1.54) is 11.6 Å². The Balaban J connectivity index is 0.000000687. The molecule has 1 amide bonds. The first-order valence-corrected chi connectivity index (χ1v) is 9.27. The second-order valence-corrected chi connectivity index (χ2v) is 6.66. The van der Waals surface area contributed by atoms with E-state index >= 15 is 0 Å². The molecular formula is C21H26N4O4. The van der Waals surface area contributed by atoms with Crippen molar-refractivity contribution in [1.82, 2.24) is 15.4 Å². The zero-order chi connectivity index (χ0) is 21.1. The molecule has 8 nitrogen and oxygen atoms in total. The van der Waals surface area contributed by atoms with Gasteiger partial charge in [-0.2, -0.15) is 0 Å². The van der Waals surface area contributed by atoms with E-state index in [0.29, 0.717) is 6.04 Å². The lowest BCUT2D eigenvalue weighted by molar-refractivity contribution is -0.134. The number of carbonyl (C=O) groups is 2. The molecule has 2 heterocycles. The van der Waals surface area contributed by atoms with Gasteiger partial charge in [0.2, 0.25) is 0 Å². The summed E-state index contributed by atoms with van der Waals surface area (Å²) in [6.07, 6.45) is 5.63. The first-order chi connectivity index (χ1) is 14.0. The fourth-order valence-corrected chi connectivity index (χ4v) is 2.94. The molecule has 1 aliphatic heterocycles. The maximum atomic E-state index is 11.0. The zero-order valence-electron chi connectivity index (χ0n) is 16.3. The first-order valence-electron chi connectivity index (χ1n) is 9.27. The number of likely N-dealkylation sites (tertiary alicyclic amines) is 1. The number of benzene rings is 1. The van der Waals surface area contributed by atoms with Gasteiger partial charge in [0.1, 0.15) is 5.82 Å². The van der Waals surface area contributed by atoms with Crippen molar-refractivity contribution >= 4 is 23.8 Å². The van der Waals surface area contributed by atoms with Gasteiger partial charge in [-0.25, -0.2) is 10.5 Å². The third-order valence-corrected chi connectivity index (χ3v) is 4.20. The van der Waals surface area contributed by atoms with E-state index in [9.17, 15) is 4.79 Å². The lowest BCUT2D eigenvalue weighted by Crippen LogP contribution is -2.26. The summed E-state index contributed by atoms with van der Waals surface area (Å²) in [5.74, 6) is -0.568. The number of amides is 1. The SMILES string of the molecule is CC(=O)O.O=C(/C=C/c1ccc(N[C@@H]2CCN(Cc3ccccc3)C2)nc1)NO. The minimum atomic E-state index is -0.833. The second-order valence-electron chi connectivity index (χ2n) is 6.66. The number of carboxylic acid groups (broad SMARTS) is 1. The molecule has 0 radical (unpaired) electrons. The molecule has 154 valence electrons. The van der Waals surface area contributed by atoms with Crippen molar-refractivity contribution < 1.29 is 19.9 Å². The van der Waals surface area contributed by atoms with E-state index in [0.717, 1.165) is 44.4 Å². The third-order valence-electron chi connectivity index (χ3n) is 4.20. The minimum Gasteiger partial charge on any atom is -0.481 e. The van der Waals surface area contributed by atoms with Crippen LogP contribution in [0.1, 0.15) is 24.5 Å². The van der Waals surface area contributed by atoms with Crippen LogP contribution in [0.2, 0.25) is 0 Å². The Morgan fingerprint density at radius 3 is 2.59 bits per heavy atom. The molecule has 29 heavy (non-hydrogen) atoms. The summed E-state index contributed by atoms with van der Waals surface area (Å²) in [5, 5.41) is 19.3. The highest BCUT2D eigenvalue weighted by Crippen LogP contribution is 2.17. The average molecular weight is 398 g/mol. The van der Waals surface area contributed by atoms with Crippen molar-refractivity contribution in [2.75, 3.05) is 18.4 Å². The molecule has 1 fully saturated rings. The van der Waals surface area contributed by atoms with Gasteiger partial charge in [-0.1, -0.05) is 30.3 Å². The molecule has 0 saturated carbocycles. The Kier molecular flexibility index (Phi) is 8.81. The van der Waals surface area contributed by atoms with Crippen LogP contribution in [-0.2, 0) is 16.1 Å². The monoisotopic (exact) mass is 398 g/mol. The van der Waals surface area contributed by atoms with E-state index in [2.05, 4.69) is 39.5 Å².